The maximum Gasteiger partial charge on any atom is 0.142 e. The topological polar surface area (TPSA) is 37.0 Å². The summed E-state index contributed by atoms with van der Waals surface area (Å²) < 4.78 is 5.44. The molecule has 3 heteroatoms. The highest BCUT2D eigenvalue weighted by atomic mass is 16.5. The van der Waals surface area contributed by atoms with Crippen LogP contribution < -0.4 is 10.1 Å². The molecule has 0 aliphatic carbocycles. The van der Waals surface area contributed by atoms with Crippen LogP contribution in [0.2, 0.25) is 0 Å². The minimum absolute atomic E-state index is 0.554. The lowest BCUT2D eigenvalue weighted by molar-refractivity contribution is 0.419. The lowest BCUT2D eigenvalue weighted by Crippen LogP contribution is -2.26. The van der Waals surface area contributed by atoms with Crippen molar-refractivity contribution in [3.05, 3.63) is 29.0 Å². The Morgan fingerprint density at radius 3 is 2.94 bits per heavy atom. The number of fused-ring (bicyclic) bond motifs is 3. The van der Waals surface area contributed by atoms with E-state index in [4.69, 9.17) is 4.74 Å². The van der Waals surface area contributed by atoms with Crippen LogP contribution in [0.15, 0.2) is 12.1 Å². The Labute approximate surface area is 101 Å². The van der Waals surface area contributed by atoms with Crippen molar-refractivity contribution in [1.82, 2.24) is 10.3 Å². The smallest absolute Gasteiger partial charge is 0.142 e. The molecule has 17 heavy (non-hydrogen) atoms. The van der Waals surface area contributed by atoms with Crippen LogP contribution in [0.1, 0.15) is 29.7 Å². The van der Waals surface area contributed by atoms with E-state index in [1.54, 1.807) is 7.11 Å². The first-order chi connectivity index (χ1) is 8.22. The molecule has 1 unspecified atom stereocenters. The minimum atomic E-state index is 0.554. The van der Waals surface area contributed by atoms with Gasteiger partial charge in [-0.05, 0) is 30.0 Å². The average molecular weight is 230 g/mol. The highest BCUT2D eigenvalue weighted by Gasteiger charge is 2.23. The second-order valence-corrected chi connectivity index (χ2v) is 4.88. The molecule has 1 atom stereocenters. The molecule has 1 aromatic carbocycles. The predicted octanol–water partition coefficient (Wildman–Crippen LogP) is 2.69. The van der Waals surface area contributed by atoms with Crippen molar-refractivity contribution in [2.24, 2.45) is 0 Å². The molecule has 2 aromatic rings. The van der Waals surface area contributed by atoms with Crippen LogP contribution in [0.5, 0.6) is 5.75 Å². The minimum Gasteiger partial charge on any atom is -0.495 e. The molecule has 3 nitrogen and oxygen atoms in total. The van der Waals surface area contributed by atoms with Gasteiger partial charge in [0.1, 0.15) is 5.75 Å². The van der Waals surface area contributed by atoms with Crippen molar-refractivity contribution in [2.75, 3.05) is 13.7 Å². The standard InChI is InChI=1S/C14H18N2O/c1-8-4-5-11(17-3)14-13(8)12-9(2)6-15-7-10(12)16-14/h4-5,9,15-16H,6-7H2,1-3H3. The third-order valence-electron chi connectivity index (χ3n) is 3.71. The Bertz CT molecular complexity index is 571. The third-order valence-corrected chi connectivity index (χ3v) is 3.71. The van der Waals surface area contributed by atoms with E-state index in [2.05, 4.69) is 30.2 Å². The molecule has 90 valence electrons. The van der Waals surface area contributed by atoms with Gasteiger partial charge in [0.25, 0.3) is 0 Å². The van der Waals surface area contributed by atoms with E-state index in [-0.39, 0.29) is 0 Å². The summed E-state index contributed by atoms with van der Waals surface area (Å²) in [4.78, 5) is 3.52. The molecular formula is C14H18N2O. The van der Waals surface area contributed by atoms with E-state index >= 15 is 0 Å². The van der Waals surface area contributed by atoms with Crippen LogP contribution in [0, 0.1) is 6.92 Å². The van der Waals surface area contributed by atoms with Gasteiger partial charge in [0.2, 0.25) is 0 Å². The summed E-state index contributed by atoms with van der Waals surface area (Å²) in [6.45, 7) is 6.43. The van der Waals surface area contributed by atoms with Gasteiger partial charge in [-0.1, -0.05) is 13.0 Å². The van der Waals surface area contributed by atoms with Gasteiger partial charge in [-0.15, -0.1) is 0 Å². The second-order valence-electron chi connectivity index (χ2n) is 4.88. The molecule has 0 saturated carbocycles. The van der Waals surface area contributed by atoms with Crippen LogP contribution in [-0.4, -0.2) is 18.6 Å². The first-order valence-corrected chi connectivity index (χ1v) is 6.11. The highest BCUT2D eigenvalue weighted by molar-refractivity contribution is 5.93. The lowest BCUT2D eigenvalue weighted by Gasteiger charge is -2.20. The number of aryl methyl sites for hydroxylation is 1. The van der Waals surface area contributed by atoms with Crippen molar-refractivity contribution < 1.29 is 4.74 Å². The SMILES string of the molecule is COc1ccc(C)c2c3c([nH]c12)CNCC3C. The first kappa shape index (κ1) is 10.7. The third kappa shape index (κ3) is 1.46. The number of hydrogen-bond acceptors (Lipinski definition) is 2. The summed E-state index contributed by atoms with van der Waals surface area (Å²) in [5.74, 6) is 1.49. The normalized spacial score (nSPS) is 19.4. The van der Waals surface area contributed by atoms with Crippen LogP contribution in [0.3, 0.4) is 0 Å². The molecule has 1 aliphatic heterocycles. The molecule has 2 heterocycles. The summed E-state index contributed by atoms with van der Waals surface area (Å²) in [5.41, 5.74) is 5.25. The van der Waals surface area contributed by atoms with Crippen molar-refractivity contribution in [3.8, 4) is 5.75 Å². The fourth-order valence-electron chi connectivity index (χ4n) is 2.90. The highest BCUT2D eigenvalue weighted by Crippen LogP contribution is 2.37. The fraction of sp³-hybridized carbons (Fsp3) is 0.429. The van der Waals surface area contributed by atoms with Crippen LogP contribution in [-0.2, 0) is 6.54 Å². The van der Waals surface area contributed by atoms with Gasteiger partial charge in [-0.2, -0.15) is 0 Å². The zero-order valence-electron chi connectivity index (χ0n) is 10.6. The maximum absolute atomic E-state index is 5.44. The number of methoxy groups -OCH3 is 1. The lowest BCUT2D eigenvalue weighted by atomic mass is 9.93. The number of aromatic nitrogens is 1. The fourth-order valence-corrected chi connectivity index (χ4v) is 2.90. The summed E-state index contributed by atoms with van der Waals surface area (Å²) in [6.07, 6.45) is 0. The molecule has 0 amide bonds. The monoisotopic (exact) mass is 230 g/mol. The van der Waals surface area contributed by atoms with Crippen LogP contribution >= 0.6 is 0 Å². The number of rotatable bonds is 1. The Balaban J connectivity index is 2.38. The molecule has 1 aromatic heterocycles. The summed E-state index contributed by atoms with van der Waals surface area (Å²) in [5, 5.41) is 4.79. The Hall–Kier alpha value is -1.48. The summed E-state index contributed by atoms with van der Waals surface area (Å²) in [6, 6.07) is 4.18. The van der Waals surface area contributed by atoms with Crippen molar-refractivity contribution in [1.29, 1.82) is 0 Å². The number of benzene rings is 1. The Morgan fingerprint density at radius 2 is 2.18 bits per heavy atom. The van der Waals surface area contributed by atoms with Crippen molar-refractivity contribution >= 4 is 10.9 Å². The number of nitrogens with one attached hydrogen (secondary N) is 2. The Morgan fingerprint density at radius 1 is 1.35 bits per heavy atom. The van der Waals surface area contributed by atoms with Gasteiger partial charge in [0.05, 0.1) is 12.6 Å². The van der Waals surface area contributed by atoms with E-state index in [9.17, 15) is 0 Å². The largest absolute Gasteiger partial charge is 0.495 e. The quantitative estimate of drug-likeness (QED) is 0.790. The zero-order valence-corrected chi connectivity index (χ0v) is 10.6. The molecule has 0 bridgehead atoms. The summed E-state index contributed by atoms with van der Waals surface area (Å²) in [7, 11) is 1.73. The number of hydrogen-bond donors (Lipinski definition) is 2. The zero-order chi connectivity index (χ0) is 12.0. The Kier molecular flexibility index (Phi) is 2.37. The summed E-state index contributed by atoms with van der Waals surface area (Å²) >= 11 is 0. The van der Waals surface area contributed by atoms with Gasteiger partial charge in [-0.25, -0.2) is 0 Å². The van der Waals surface area contributed by atoms with Gasteiger partial charge in [0.15, 0.2) is 0 Å². The molecule has 0 saturated heterocycles. The van der Waals surface area contributed by atoms with Crippen LogP contribution in [0.25, 0.3) is 10.9 Å². The average Bonchev–Trinajstić information content (AvgIpc) is 2.71. The van der Waals surface area contributed by atoms with E-state index in [0.29, 0.717) is 5.92 Å². The molecule has 0 radical (unpaired) electrons. The molecule has 0 spiro atoms. The van der Waals surface area contributed by atoms with Gasteiger partial charge >= 0.3 is 0 Å². The van der Waals surface area contributed by atoms with Gasteiger partial charge < -0.3 is 15.0 Å². The molecule has 3 rings (SSSR count). The van der Waals surface area contributed by atoms with Gasteiger partial charge in [-0.3, -0.25) is 0 Å². The van der Waals surface area contributed by atoms with Gasteiger partial charge in [0, 0.05) is 24.2 Å². The number of H-pyrrole nitrogens is 1. The van der Waals surface area contributed by atoms with E-state index in [0.717, 1.165) is 24.4 Å². The molecule has 0 fully saturated rings. The molecule has 2 N–H and O–H groups in total. The van der Waals surface area contributed by atoms with Crippen molar-refractivity contribution in [3.63, 3.8) is 0 Å². The molecular weight excluding hydrogens is 212 g/mol. The van der Waals surface area contributed by atoms with E-state index in [1.807, 2.05) is 6.07 Å². The first-order valence-electron chi connectivity index (χ1n) is 6.11. The predicted molar refractivity (Wildman–Crippen MR) is 69.7 cm³/mol. The number of aromatic amines is 1. The van der Waals surface area contributed by atoms with Crippen molar-refractivity contribution in [2.45, 2.75) is 26.3 Å². The maximum atomic E-state index is 5.44. The van der Waals surface area contributed by atoms with Crippen LogP contribution in [0.4, 0.5) is 0 Å². The van der Waals surface area contributed by atoms with E-state index < -0.39 is 0 Å². The number of ether oxygens (including phenoxy) is 1. The molecule has 1 aliphatic rings. The van der Waals surface area contributed by atoms with E-state index in [1.165, 1.54) is 22.2 Å². The second kappa shape index (κ2) is 3.77.